The molecule has 1 unspecified atom stereocenters. The summed E-state index contributed by atoms with van der Waals surface area (Å²) in [5.41, 5.74) is 7.46. The van der Waals surface area contributed by atoms with Gasteiger partial charge < -0.3 is 10.8 Å². The standard InChI is InChI=1S/C12H20N2O3S/c1-8-4-5-9(2)12(11(8)13)18(16,17)14-7-6-10(3)15/h4-5,10,14-15H,6-7,13H2,1-3H3. The molecular formula is C12H20N2O3S. The zero-order valence-electron chi connectivity index (χ0n) is 10.9. The van der Waals surface area contributed by atoms with Gasteiger partial charge in [-0.05, 0) is 38.3 Å². The van der Waals surface area contributed by atoms with Crippen LogP contribution >= 0.6 is 0 Å². The Kier molecular flexibility index (Phi) is 4.72. The molecule has 0 spiro atoms. The van der Waals surface area contributed by atoms with Crippen LogP contribution in [0.25, 0.3) is 0 Å². The van der Waals surface area contributed by atoms with Crippen molar-refractivity contribution in [1.82, 2.24) is 4.72 Å². The van der Waals surface area contributed by atoms with Gasteiger partial charge in [0.2, 0.25) is 10.0 Å². The van der Waals surface area contributed by atoms with E-state index in [0.717, 1.165) is 5.56 Å². The quantitative estimate of drug-likeness (QED) is 0.695. The number of nitrogens with two attached hydrogens (primary N) is 1. The molecule has 1 rings (SSSR count). The second-order valence-electron chi connectivity index (χ2n) is 4.48. The molecule has 18 heavy (non-hydrogen) atoms. The van der Waals surface area contributed by atoms with Crippen LogP contribution in [0.5, 0.6) is 0 Å². The largest absolute Gasteiger partial charge is 0.397 e. The minimum Gasteiger partial charge on any atom is -0.397 e. The molecule has 0 bridgehead atoms. The summed E-state index contributed by atoms with van der Waals surface area (Å²) in [5.74, 6) is 0. The topological polar surface area (TPSA) is 92.4 Å². The molecule has 4 N–H and O–H groups in total. The average molecular weight is 272 g/mol. The molecule has 5 nitrogen and oxygen atoms in total. The van der Waals surface area contributed by atoms with Crippen molar-refractivity contribution in [2.75, 3.05) is 12.3 Å². The Morgan fingerprint density at radius 1 is 1.33 bits per heavy atom. The highest BCUT2D eigenvalue weighted by Crippen LogP contribution is 2.25. The van der Waals surface area contributed by atoms with Gasteiger partial charge >= 0.3 is 0 Å². The first-order valence-electron chi connectivity index (χ1n) is 5.79. The van der Waals surface area contributed by atoms with E-state index in [4.69, 9.17) is 10.8 Å². The molecule has 0 heterocycles. The van der Waals surface area contributed by atoms with Gasteiger partial charge in [0.05, 0.1) is 11.8 Å². The molecule has 1 aromatic carbocycles. The monoisotopic (exact) mass is 272 g/mol. The van der Waals surface area contributed by atoms with Crippen LogP contribution in [-0.2, 0) is 10.0 Å². The minimum atomic E-state index is -3.63. The molecule has 1 atom stereocenters. The van der Waals surface area contributed by atoms with Crippen LogP contribution < -0.4 is 10.5 Å². The molecule has 6 heteroatoms. The van der Waals surface area contributed by atoms with Crippen LogP contribution in [0.2, 0.25) is 0 Å². The van der Waals surface area contributed by atoms with Crippen molar-refractivity contribution < 1.29 is 13.5 Å². The summed E-state index contributed by atoms with van der Waals surface area (Å²) >= 11 is 0. The van der Waals surface area contributed by atoms with Gasteiger partial charge in [-0.3, -0.25) is 0 Å². The van der Waals surface area contributed by atoms with Gasteiger partial charge in [-0.1, -0.05) is 12.1 Å². The van der Waals surface area contributed by atoms with Crippen molar-refractivity contribution >= 4 is 15.7 Å². The molecule has 0 aliphatic rings. The lowest BCUT2D eigenvalue weighted by Crippen LogP contribution is -2.28. The van der Waals surface area contributed by atoms with Crippen molar-refractivity contribution in [2.24, 2.45) is 0 Å². The van der Waals surface area contributed by atoms with Crippen LogP contribution in [-0.4, -0.2) is 26.2 Å². The summed E-state index contributed by atoms with van der Waals surface area (Å²) in [4.78, 5) is 0.132. The number of nitrogens with one attached hydrogen (secondary N) is 1. The second kappa shape index (κ2) is 5.69. The number of sulfonamides is 1. The zero-order valence-corrected chi connectivity index (χ0v) is 11.7. The van der Waals surface area contributed by atoms with Gasteiger partial charge in [-0.2, -0.15) is 0 Å². The van der Waals surface area contributed by atoms with E-state index in [-0.39, 0.29) is 17.1 Å². The number of benzene rings is 1. The van der Waals surface area contributed by atoms with E-state index < -0.39 is 16.1 Å². The average Bonchev–Trinajstić information content (AvgIpc) is 2.23. The molecule has 0 radical (unpaired) electrons. The Hall–Kier alpha value is -1.11. The van der Waals surface area contributed by atoms with Gasteiger partial charge in [-0.15, -0.1) is 0 Å². The van der Waals surface area contributed by atoms with E-state index in [1.54, 1.807) is 32.9 Å². The number of hydrogen-bond acceptors (Lipinski definition) is 4. The fraction of sp³-hybridized carbons (Fsp3) is 0.500. The van der Waals surface area contributed by atoms with Crippen LogP contribution in [0.1, 0.15) is 24.5 Å². The number of rotatable bonds is 5. The maximum atomic E-state index is 12.1. The maximum Gasteiger partial charge on any atom is 0.242 e. The highest BCUT2D eigenvalue weighted by atomic mass is 32.2. The first kappa shape index (κ1) is 14.9. The Morgan fingerprint density at radius 3 is 2.44 bits per heavy atom. The SMILES string of the molecule is Cc1ccc(C)c(S(=O)(=O)NCCC(C)O)c1N. The van der Waals surface area contributed by atoms with Gasteiger partial charge in [0, 0.05) is 6.54 Å². The minimum absolute atomic E-state index is 0.132. The van der Waals surface area contributed by atoms with Crippen LogP contribution in [0.15, 0.2) is 17.0 Å². The highest BCUT2D eigenvalue weighted by molar-refractivity contribution is 7.89. The Morgan fingerprint density at radius 2 is 1.89 bits per heavy atom. The van der Waals surface area contributed by atoms with E-state index in [1.807, 2.05) is 0 Å². The summed E-state index contributed by atoms with van der Waals surface area (Å²) in [5, 5.41) is 9.11. The van der Waals surface area contributed by atoms with Gasteiger partial charge in [-0.25, -0.2) is 13.1 Å². The lowest BCUT2D eigenvalue weighted by molar-refractivity contribution is 0.186. The maximum absolute atomic E-state index is 12.1. The Labute approximate surface area is 108 Å². The lowest BCUT2D eigenvalue weighted by Gasteiger charge is -2.14. The lowest BCUT2D eigenvalue weighted by atomic mass is 10.1. The van der Waals surface area contributed by atoms with Crippen LogP contribution in [0, 0.1) is 13.8 Å². The third-order valence-electron chi connectivity index (χ3n) is 2.73. The van der Waals surface area contributed by atoms with Crippen molar-refractivity contribution in [3.05, 3.63) is 23.3 Å². The number of nitrogen functional groups attached to an aromatic ring is 1. The number of hydrogen-bond donors (Lipinski definition) is 3. The van der Waals surface area contributed by atoms with E-state index in [0.29, 0.717) is 12.0 Å². The van der Waals surface area contributed by atoms with Gasteiger partial charge in [0.15, 0.2) is 0 Å². The number of aliphatic hydroxyl groups is 1. The smallest absolute Gasteiger partial charge is 0.242 e. The third kappa shape index (κ3) is 3.44. The summed E-state index contributed by atoms with van der Waals surface area (Å²) in [7, 11) is -3.63. The van der Waals surface area contributed by atoms with Gasteiger partial charge in [0.25, 0.3) is 0 Å². The van der Waals surface area contributed by atoms with E-state index in [2.05, 4.69) is 4.72 Å². The summed E-state index contributed by atoms with van der Waals surface area (Å²) in [6, 6.07) is 3.52. The number of aryl methyl sites for hydroxylation is 2. The predicted molar refractivity (Wildman–Crippen MR) is 71.8 cm³/mol. The summed E-state index contributed by atoms with van der Waals surface area (Å²) < 4.78 is 26.7. The molecule has 0 aliphatic carbocycles. The van der Waals surface area contributed by atoms with Gasteiger partial charge in [0.1, 0.15) is 4.90 Å². The van der Waals surface area contributed by atoms with Crippen molar-refractivity contribution in [3.63, 3.8) is 0 Å². The first-order valence-corrected chi connectivity index (χ1v) is 7.27. The van der Waals surface area contributed by atoms with Crippen molar-refractivity contribution in [1.29, 1.82) is 0 Å². The van der Waals surface area contributed by atoms with Crippen molar-refractivity contribution in [2.45, 2.75) is 38.2 Å². The molecule has 0 fully saturated rings. The van der Waals surface area contributed by atoms with Crippen molar-refractivity contribution in [3.8, 4) is 0 Å². The summed E-state index contributed by atoms with van der Waals surface area (Å²) in [6.07, 6.45) is -0.173. The number of aliphatic hydroxyl groups excluding tert-OH is 1. The molecule has 1 aromatic rings. The first-order chi connectivity index (χ1) is 8.25. The zero-order chi connectivity index (χ0) is 13.9. The predicted octanol–water partition coefficient (Wildman–Crippen LogP) is 0.935. The molecule has 102 valence electrons. The Bertz CT molecular complexity index is 524. The molecule has 0 amide bonds. The highest BCUT2D eigenvalue weighted by Gasteiger charge is 2.20. The van der Waals surface area contributed by atoms with E-state index >= 15 is 0 Å². The third-order valence-corrected chi connectivity index (χ3v) is 4.40. The van der Waals surface area contributed by atoms with E-state index in [1.165, 1.54) is 0 Å². The normalized spacial score (nSPS) is 13.6. The number of anilines is 1. The van der Waals surface area contributed by atoms with Crippen LogP contribution in [0.4, 0.5) is 5.69 Å². The molecule has 0 aromatic heterocycles. The molecular weight excluding hydrogens is 252 g/mol. The Balaban J connectivity index is 3.02. The molecule has 0 saturated carbocycles. The second-order valence-corrected chi connectivity index (χ2v) is 6.18. The fourth-order valence-electron chi connectivity index (χ4n) is 1.64. The van der Waals surface area contributed by atoms with Crippen LogP contribution in [0.3, 0.4) is 0 Å². The summed E-state index contributed by atoms with van der Waals surface area (Å²) in [6.45, 7) is 5.27. The van der Waals surface area contributed by atoms with E-state index in [9.17, 15) is 8.42 Å². The fourth-order valence-corrected chi connectivity index (χ4v) is 3.11. The molecule has 0 aliphatic heterocycles. The molecule has 0 saturated heterocycles.